The van der Waals surface area contributed by atoms with Gasteiger partial charge in [0.2, 0.25) is 0 Å². The highest BCUT2D eigenvalue weighted by molar-refractivity contribution is 5.85. The number of para-hydroxylation sites is 1. The predicted octanol–water partition coefficient (Wildman–Crippen LogP) is 1.60. The number of nitrogens with two attached hydrogens (primary N) is 1. The van der Waals surface area contributed by atoms with E-state index < -0.39 is 11.5 Å². The Labute approximate surface area is 99.8 Å². The van der Waals surface area contributed by atoms with Crippen LogP contribution in [0, 0.1) is 0 Å². The van der Waals surface area contributed by atoms with Crippen molar-refractivity contribution in [1.29, 1.82) is 0 Å². The normalized spacial score (nSPS) is 14.5. The van der Waals surface area contributed by atoms with Gasteiger partial charge >= 0.3 is 5.97 Å². The molecule has 0 bridgehead atoms. The van der Waals surface area contributed by atoms with Gasteiger partial charge in [0.1, 0.15) is 5.54 Å². The van der Waals surface area contributed by atoms with Gasteiger partial charge in [0.05, 0.1) is 7.11 Å². The summed E-state index contributed by atoms with van der Waals surface area (Å²) >= 11 is 0. The number of rotatable bonds is 3. The summed E-state index contributed by atoms with van der Waals surface area (Å²) in [5.41, 5.74) is 7.03. The third kappa shape index (κ3) is 2.17. The van der Waals surface area contributed by atoms with Crippen molar-refractivity contribution >= 4 is 16.9 Å². The summed E-state index contributed by atoms with van der Waals surface area (Å²) in [5.74, 6) is -0.400. The molecule has 0 saturated carbocycles. The predicted molar refractivity (Wildman–Crippen MR) is 66.6 cm³/mol. The van der Waals surface area contributed by atoms with Crippen LogP contribution in [0.4, 0.5) is 0 Å². The van der Waals surface area contributed by atoms with Gasteiger partial charge in [-0.3, -0.25) is 4.79 Å². The third-order valence-corrected chi connectivity index (χ3v) is 2.88. The number of hydrogen-bond donors (Lipinski definition) is 2. The maximum Gasteiger partial charge on any atom is 0.325 e. The minimum absolute atomic E-state index is 0.400. The van der Waals surface area contributed by atoms with Crippen LogP contribution in [0.3, 0.4) is 0 Å². The lowest BCUT2D eigenvalue weighted by molar-refractivity contribution is -0.146. The molecule has 0 saturated heterocycles. The van der Waals surface area contributed by atoms with Crippen molar-refractivity contribution in [1.82, 2.24) is 4.98 Å². The molecule has 90 valence electrons. The van der Waals surface area contributed by atoms with E-state index in [1.807, 2.05) is 30.5 Å². The van der Waals surface area contributed by atoms with Crippen molar-refractivity contribution in [2.24, 2.45) is 5.73 Å². The zero-order valence-corrected chi connectivity index (χ0v) is 9.99. The van der Waals surface area contributed by atoms with E-state index in [1.54, 1.807) is 6.92 Å². The van der Waals surface area contributed by atoms with Crippen molar-refractivity contribution < 1.29 is 9.53 Å². The Morgan fingerprint density at radius 1 is 1.53 bits per heavy atom. The third-order valence-electron chi connectivity index (χ3n) is 2.88. The molecule has 0 unspecified atom stereocenters. The molecule has 0 fully saturated rings. The average molecular weight is 234 g/mol. The Morgan fingerprint density at radius 3 is 2.94 bits per heavy atom. The number of benzene rings is 1. The number of carbonyl (C=O) groups excluding carboxylic acids is 1. The molecule has 0 aliphatic rings. The first kappa shape index (κ1) is 11.7. The lowest BCUT2D eigenvalue weighted by atomic mass is 10.0. The van der Waals surface area contributed by atoms with E-state index in [1.165, 1.54) is 7.11 Å². The number of nitrogens with one attached hydrogen (secondary N) is 1. The van der Waals surface area contributed by atoms with Crippen LogP contribution in [-0.4, -0.2) is 23.6 Å². The van der Waals surface area contributed by atoms with E-state index in [2.05, 4.69) is 4.98 Å². The first-order valence-electron chi connectivity index (χ1n) is 5.47. The number of aromatic amines is 1. The summed E-state index contributed by atoms with van der Waals surface area (Å²) < 4.78 is 4.70. The van der Waals surface area contributed by atoms with Crippen LogP contribution in [0.5, 0.6) is 0 Å². The first-order valence-corrected chi connectivity index (χ1v) is 5.47. The molecule has 0 radical (unpaired) electrons. The highest BCUT2D eigenvalue weighted by Crippen LogP contribution is 2.21. The molecular formula is C13H16N2O2. The van der Waals surface area contributed by atoms with Crippen molar-refractivity contribution in [3.63, 3.8) is 0 Å². The summed E-state index contributed by atoms with van der Waals surface area (Å²) in [5, 5.41) is 1.09. The highest BCUT2D eigenvalue weighted by atomic mass is 16.5. The van der Waals surface area contributed by atoms with Crippen LogP contribution in [-0.2, 0) is 16.0 Å². The SMILES string of the molecule is COC(=O)[C@]([14CH3])(N)Cc1c[nH]c2ccccc12. The van der Waals surface area contributed by atoms with Crippen molar-refractivity contribution in [2.75, 3.05) is 7.11 Å². The number of methoxy groups -OCH3 is 1. The molecule has 4 nitrogen and oxygen atoms in total. The first-order chi connectivity index (χ1) is 8.04. The van der Waals surface area contributed by atoms with E-state index in [4.69, 9.17) is 10.5 Å². The second-order valence-corrected chi connectivity index (χ2v) is 4.45. The minimum atomic E-state index is -1.00. The second kappa shape index (κ2) is 4.22. The van der Waals surface area contributed by atoms with Gasteiger partial charge < -0.3 is 15.5 Å². The Hall–Kier alpha value is -1.81. The van der Waals surface area contributed by atoms with Gasteiger partial charge in [0.15, 0.2) is 0 Å². The largest absolute Gasteiger partial charge is 0.468 e. The lowest BCUT2D eigenvalue weighted by Gasteiger charge is -2.20. The summed E-state index contributed by atoms with van der Waals surface area (Å²) in [4.78, 5) is 14.7. The molecule has 1 aromatic heterocycles. The van der Waals surface area contributed by atoms with Crippen LogP contribution in [0.15, 0.2) is 30.5 Å². The van der Waals surface area contributed by atoms with E-state index in [0.717, 1.165) is 16.5 Å². The molecule has 1 heterocycles. The van der Waals surface area contributed by atoms with Crippen LogP contribution < -0.4 is 5.73 Å². The van der Waals surface area contributed by atoms with Crippen molar-refractivity contribution in [3.8, 4) is 0 Å². The fourth-order valence-electron chi connectivity index (χ4n) is 1.98. The van der Waals surface area contributed by atoms with E-state index in [9.17, 15) is 4.79 Å². The molecule has 2 aromatic rings. The second-order valence-electron chi connectivity index (χ2n) is 4.45. The number of carbonyl (C=O) groups is 1. The summed E-state index contributed by atoms with van der Waals surface area (Å²) in [6, 6.07) is 7.93. The molecule has 0 aliphatic heterocycles. The Kier molecular flexibility index (Phi) is 2.90. The zero-order chi connectivity index (χ0) is 12.5. The van der Waals surface area contributed by atoms with Crippen molar-refractivity contribution in [3.05, 3.63) is 36.0 Å². The monoisotopic (exact) mass is 234 g/mol. The number of hydrogen-bond acceptors (Lipinski definition) is 3. The number of H-pyrrole nitrogens is 1. The smallest absolute Gasteiger partial charge is 0.325 e. The van der Waals surface area contributed by atoms with Gasteiger partial charge in [-0.2, -0.15) is 0 Å². The fraction of sp³-hybridized carbons (Fsp3) is 0.308. The lowest BCUT2D eigenvalue weighted by Crippen LogP contribution is -2.47. The number of fused-ring (bicyclic) bond motifs is 1. The van der Waals surface area contributed by atoms with Gasteiger partial charge in [-0.1, -0.05) is 18.2 Å². The maximum absolute atomic E-state index is 11.5. The Bertz CT molecular complexity index is 543. The molecule has 0 spiro atoms. The molecule has 1 atom stereocenters. The average Bonchev–Trinajstić information content (AvgIpc) is 2.71. The Balaban J connectivity index is 2.33. The summed E-state index contributed by atoms with van der Waals surface area (Å²) in [6.07, 6.45) is 2.34. The molecule has 4 heteroatoms. The molecule has 1 aromatic carbocycles. The van der Waals surface area contributed by atoms with Crippen LogP contribution >= 0.6 is 0 Å². The van der Waals surface area contributed by atoms with Gasteiger partial charge in [-0.15, -0.1) is 0 Å². The van der Waals surface area contributed by atoms with Gasteiger partial charge in [0, 0.05) is 23.5 Å². The zero-order valence-electron chi connectivity index (χ0n) is 9.99. The maximum atomic E-state index is 11.5. The topological polar surface area (TPSA) is 68.1 Å². The number of aromatic nitrogens is 1. The van der Waals surface area contributed by atoms with Gasteiger partial charge in [-0.05, 0) is 18.6 Å². The van der Waals surface area contributed by atoms with E-state index in [-0.39, 0.29) is 0 Å². The minimum Gasteiger partial charge on any atom is -0.468 e. The Morgan fingerprint density at radius 2 is 2.24 bits per heavy atom. The van der Waals surface area contributed by atoms with Gasteiger partial charge in [0.25, 0.3) is 0 Å². The van der Waals surface area contributed by atoms with Crippen LogP contribution in [0.25, 0.3) is 10.9 Å². The molecule has 0 amide bonds. The fourth-order valence-corrected chi connectivity index (χ4v) is 1.98. The molecule has 3 N–H and O–H groups in total. The van der Waals surface area contributed by atoms with Crippen molar-refractivity contribution in [2.45, 2.75) is 18.9 Å². The summed E-state index contributed by atoms with van der Waals surface area (Å²) in [6.45, 7) is 1.68. The number of esters is 1. The molecule has 17 heavy (non-hydrogen) atoms. The van der Waals surface area contributed by atoms with Crippen LogP contribution in [0.2, 0.25) is 0 Å². The standard InChI is InChI=1S/C13H16N2O2/c1-13(14,12(16)17-2)7-9-8-15-11-6-4-3-5-10(9)11/h3-6,8,15H,7,14H2,1-2H3/t13-/m1/s1/i1+2. The summed E-state index contributed by atoms with van der Waals surface area (Å²) in [7, 11) is 1.35. The molecule has 0 aliphatic carbocycles. The molecule has 2 rings (SSSR count). The van der Waals surface area contributed by atoms with E-state index in [0.29, 0.717) is 6.42 Å². The van der Waals surface area contributed by atoms with Crippen LogP contribution in [0.1, 0.15) is 12.5 Å². The van der Waals surface area contributed by atoms with E-state index >= 15 is 0 Å². The quantitative estimate of drug-likeness (QED) is 0.793. The van der Waals surface area contributed by atoms with Gasteiger partial charge in [-0.25, -0.2) is 0 Å². The molecular weight excluding hydrogens is 218 g/mol. The number of ether oxygens (including phenoxy) is 1. The highest BCUT2D eigenvalue weighted by Gasteiger charge is 2.30.